The number of carbonyl (C=O) groups is 1. The van der Waals surface area contributed by atoms with E-state index in [4.69, 9.17) is 4.74 Å². The Morgan fingerprint density at radius 1 is 1.26 bits per heavy atom. The van der Waals surface area contributed by atoms with Gasteiger partial charge < -0.3 is 10.1 Å². The van der Waals surface area contributed by atoms with Gasteiger partial charge in [0.25, 0.3) is 5.69 Å². The standard InChI is InChI=1S/C21H25N3O6S/c1-14-12-17(9-10-20(14)30-3)31(28,29)23-11-5-6-16(13-23)21(25)22-18-7-4-8-19(15(18)2)24(26)27/h4,7-10,12,16H,5-6,11,13H2,1-3H3,(H,22,25)/t16-/m0/s1. The minimum absolute atomic E-state index is 0.0488. The maximum absolute atomic E-state index is 13.1. The van der Waals surface area contributed by atoms with Crippen LogP contribution in [0.2, 0.25) is 0 Å². The Hall–Kier alpha value is -2.98. The zero-order chi connectivity index (χ0) is 22.8. The number of sulfonamides is 1. The second-order valence-electron chi connectivity index (χ2n) is 7.53. The van der Waals surface area contributed by atoms with E-state index in [0.29, 0.717) is 42.0 Å². The summed E-state index contributed by atoms with van der Waals surface area (Å²) in [7, 11) is -2.25. The molecular weight excluding hydrogens is 422 g/mol. The number of nitrogens with zero attached hydrogens (tertiary/aromatic N) is 2. The van der Waals surface area contributed by atoms with E-state index in [0.717, 1.165) is 0 Å². The van der Waals surface area contributed by atoms with Crippen LogP contribution in [-0.4, -0.2) is 43.8 Å². The predicted molar refractivity (Wildman–Crippen MR) is 116 cm³/mol. The number of anilines is 1. The van der Waals surface area contributed by atoms with Gasteiger partial charge in [-0.3, -0.25) is 14.9 Å². The predicted octanol–water partition coefficient (Wildman–Crippen LogP) is 3.26. The van der Waals surface area contributed by atoms with Gasteiger partial charge in [0.05, 0.1) is 34.1 Å². The highest BCUT2D eigenvalue weighted by Gasteiger charge is 2.34. The topological polar surface area (TPSA) is 119 Å². The molecule has 2 aromatic rings. The molecule has 9 nitrogen and oxygen atoms in total. The van der Waals surface area contributed by atoms with Crippen LogP contribution < -0.4 is 10.1 Å². The first-order valence-electron chi connectivity index (χ1n) is 9.84. The molecule has 0 saturated carbocycles. The number of aryl methyl sites for hydroxylation is 1. The van der Waals surface area contributed by atoms with E-state index in [1.54, 1.807) is 32.0 Å². The SMILES string of the molecule is COc1ccc(S(=O)(=O)N2CCC[C@H](C(=O)Nc3cccc([N+](=O)[O-])c3C)C2)cc1C. The fourth-order valence-electron chi connectivity index (χ4n) is 3.73. The molecule has 1 aliphatic rings. The van der Waals surface area contributed by atoms with Crippen LogP contribution in [0.1, 0.15) is 24.0 Å². The smallest absolute Gasteiger partial charge is 0.274 e. The van der Waals surface area contributed by atoms with Crippen molar-refractivity contribution in [3.05, 3.63) is 57.6 Å². The van der Waals surface area contributed by atoms with Gasteiger partial charge in [0.1, 0.15) is 5.75 Å². The number of nitro groups is 1. The van der Waals surface area contributed by atoms with Crippen LogP contribution in [0, 0.1) is 29.9 Å². The monoisotopic (exact) mass is 447 g/mol. The molecule has 0 spiro atoms. The van der Waals surface area contributed by atoms with Crippen molar-refractivity contribution < 1.29 is 22.9 Å². The van der Waals surface area contributed by atoms with Crippen LogP contribution in [-0.2, 0) is 14.8 Å². The Balaban J connectivity index is 1.77. The normalized spacial score (nSPS) is 17.2. The molecule has 1 fully saturated rings. The van der Waals surface area contributed by atoms with Gasteiger partial charge in [0, 0.05) is 19.2 Å². The molecule has 0 unspecified atom stereocenters. The van der Waals surface area contributed by atoms with E-state index in [2.05, 4.69) is 5.32 Å². The molecule has 31 heavy (non-hydrogen) atoms. The quantitative estimate of drug-likeness (QED) is 0.536. The number of hydrogen-bond acceptors (Lipinski definition) is 6. The molecule has 10 heteroatoms. The summed E-state index contributed by atoms with van der Waals surface area (Å²) in [4.78, 5) is 23.6. The molecule has 0 radical (unpaired) electrons. The van der Waals surface area contributed by atoms with E-state index in [1.807, 2.05) is 0 Å². The van der Waals surface area contributed by atoms with Gasteiger partial charge in [0.15, 0.2) is 0 Å². The summed E-state index contributed by atoms with van der Waals surface area (Å²) in [5.74, 6) is -0.307. The molecule has 0 aromatic heterocycles. The number of ether oxygens (including phenoxy) is 1. The van der Waals surface area contributed by atoms with Gasteiger partial charge in [-0.25, -0.2) is 8.42 Å². The van der Waals surface area contributed by atoms with Gasteiger partial charge in [-0.1, -0.05) is 6.07 Å². The highest BCUT2D eigenvalue weighted by molar-refractivity contribution is 7.89. The minimum Gasteiger partial charge on any atom is -0.496 e. The number of hydrogen-bond donors (Lipinski definition) is 1. The third kappa shape index (κ3) is 4.70. The first-order chi connectivity index (χ1) is 14.6. The average Bonchev–Trinajstić information content (AvgIpc) is 2.75. The largest absolute Gasteiger partial charge is 0.496 e. The number of methoxy groups -OCH3 is 1. The van der Waals surface area contributed by atoms with Crippen molar-refractivity contribution >= 4 is 27.3 Å². The van der Waals surface area contributed by atoms with Crippen LogP contribution in [0.15, 0.2) is 41.3 Å². The van der Waals surface area contributed by atoms with Crippen molar-refractivity contribution in [2.24, 2.45) is 5.92 Å². The molecule has 1 atom stereocenters. The van der Waals surface area contributed by atoms with Crippen LogP contribution in [0.3, 0.4) is 0 Å². The van der Waals surface area contributed by atoms with E-state index in [-0.39, 0.29) is 23.0 Å². The molecule has 1 saturated heterocycles. The maximum Gasteiger partial charge on any atom is 0.274 e. The number of nitrogens with one attached hydrogen (secondary N) is 1. The summed E-state index contributed by atoms with van der Waals surface area (Å²) < 4.78 is 32.7. The fraction of sp³-hybridized carbons (Fsp3) is 0.381. The van der Waals surface area contributed by atoms with Crippen molar-refractivity contribution in [2.75, 3.05) is 25.5 Å². The highest BCUT2D eigenvalue weighted by atomic mass is 32.2. The van der Waals surface area contributed by atoms with Crippen LogP contribution in [0.4, 0.5) is 11.4 Å². The average molecular weight is 448 g/mol. The highest BCUT2D eigenvalue weighted by Crippen LogP contribution is 2.29. The van der Waals surface area contributed by atoms with E-state index in [1.165, 1.54) is 29.6 Å². The molecule has 0 aliphatic carbocycles. The maximum atomic E-state index is 13.1. The lowest BCUT2D eigenvalue weighted by Gasteiger charge is -2.31. The van der Waals surface area contributed by atoms with Crippen LogP contribution >= 0.6 is 0 Å². The summed E-state index contributed by atoms with van der Waals surface area (Å²) in [5.41, 5.74) is 1.33. The summed E-state index contributed by atoms with van der Waals surface area (Å²) >= 11 is 0. The third-order valence-electron chi connectivity index (χ3n) is 5.52. The van der Waals surface area contributed by atoms with E-state index in [9.17, 15) is 23.3 Å². The first kappa shape index (κ1) is 22.7. The Bertz CT molecular complexity index is 1120. The Labute approximate surface area is 181 Å². The van der Waals surface area contributed by atoms with Crippen LogP contribution in [0.25, 0.3) is 0 Å². The molecule has 166 valence electrons. The lowest BCUT2D eigenvalue weighted by Crippen LogP contribution is -2.43. The van der Waals surface area contributed by atoms with Crippen molar-refractivity contribution in [3.8, 4) is 5.75 Å². The number of amides is 1. The summed E-state index contributed by atoms with van der Waals surface area (Å²) in [6.45, 7) is 3.71. The minimum atomic E-state index is -3.77. The molecule has 1 N–H and O–H groups in total. The zero-order valence-electron chi connectivity index (χ0n) is 17.6. The number of benzene rings is 2. The fourth-order valence-corrected chi connectivity index (χ4v) is 5.34. The summed E-state index contributed by atoms with van der Waals surface area (Å²) in [6, 6.07) is 9.14. The van der Waals surface area contributed by atoms with Gasteiger partial charge in [-0.05, 0) is 56.5 Å². The summed E-state index contributed by atoms with van der Waals surface area (Å²) in [5, 5.41) is 13.9. The first-order valence-corrected chi connectivity index (χ1v) is 11.3. The van der Waals surface area contributed by atoms with Crippen LogP contribution in [0.5, 0.6) is 5.75 Å². The Kier molecular flexibility index (Phi) is 6.61. The number of rotatable bonds is 6. The molecule has 1 aliphatic heterocycles. The number of nitro benzene ring substituents is 1. The van der Waals surface area contributed by atoms with Crippen molar-refractivity contribution in [3.63, 3.8) is 0 Å². The third-order valence-corrected chi connectivity index (χ3v) is 7.38. The van der Waals surface area contributed by atoms with E-state index >= 15 is 0 Å². The summed E-state index contributed by atoms with van der Waals surface area (Å²) in [6.07, 6.45) is 1.08. The molecular formula is C21H25N3O6S. The lowest BCUT2D eigenvalue weighted by molar-refractivity contribution is -0.385. The molecule has 3 rings (SSSR count). The van der Waals surface area contributed by atoms with Gasteiger partial charge in [0.2, 0.25) is 15.9 Å². The molecule has 0 bridgehead atoms. The Morgan fingerprint density at radius 3 is 2.65 bits per heavy atom. The number of carbonyl (C=O) groups excluding carboxylic acids is 1. The lowest BCUT2D eigenvalue weighted by atomic mass is 9.98. The second-order valence-corrected chi connectivity index (χ2v) is 9.47. The number of piperidine rings is 1. The van der Waals surface area contributed by atoms with Crippen molar-refractivity contribution in [1.82, 2.24) is 4.31 Å². The zero-order valence-corrected chi connectivity index (χ0v) is 18.4. The van der Waals surface area contributed by atoms with Gasteiger partial charge in [-0.15, -0.1) is 0 Å². The van der Waals surface area contributed by atoms with Crippen molar-refractivity contribution in [2.45, 2.75) is 31.6 Å². The Morgan fingerprint density at radius 2 is 2.00 bits per heavy atom. The second kappa shape index (κ2) is 9.03. The van der Waals surface area contributed by atoms with Crippen molar-refractivity contribution in [1.29, 1.82) is 0 Å². The van der Waals surface area contributed by atoms with E-state index < -0.39 is 20.9 Å². The van der Waals surface area contributed by atoms with Gasteiger partial charge in [-0.2, -0.15) is 4.31 Å². The molecule has 1 heterocycles. The molecule has 1 amide bonds. The molecule has 2 aromatic carbocycles. The van der Waals surface area contributed by atoms with Gasteiger partial charge >= 0.3 is 0 Å².